The number of fused-ring (bicyclic) bond motifs is 1. The molecule has 3 rings (SSSR count). The average Bonchev–Trinajstić information content (AvgIpc) is 2.92. The van der Waals surface area contributed by atoms with E-state index >= 15 is 0 Å². The van der Waals surface area contributed by atoms with E-state index in [1.807, 2.05) is 31.2 Å². The van der Waals surface area contributed by atoms with E-state index in [1.54, 1.807) is 23.2 Å². The molecule has 1 N–H and O–H groups in total. The second-order valence-electron chi connectivity index (χ2n) is 5.16. The molecule has 0 fully saturated rings. The van der Waals surface area contributed by atoms with Crippen molar-refractivity contribution in [1.82, 2.24) is 9.13 Å². The molecule has 1 unspecified atom stereocenters. The van der Waals surface area contributed by atoms with Crippen LogP contribution < -0.4 is 5.69 Å². The molecule has 0 aliphatic carbocycles. The van der Waals surface area contributed by atoms with Crippen LogP contribution in [-0.2, 0) is 14.1 Å². The van der Waals surface area contributed by atoms with Gasteiger partial charge in [-0.2, -0.15) is 0 Å². The van der Waals surface area contributed by atoms with Gasteiger partial charge < -0.3 is 5.11 Å². The fourth-order valence-electron chi connectivity index (χ4n) is 2.48. The fraction of sp³-hybridized carbons (Fsp3) is 0.267. The van der Waals surface area contributed by atoms with Crippen LogP contribution in [0.25, 0.3) is 11.0 Å². The van der Waals surface area contributed by atoms with Gasteiger partial charge in [-0.05, 0) is 52.2 Å². The number of halogens is 1. The standard InChI is InChI=1S/C15H15BrN2O2S/c1-8-6-12(21-14(8)16)13(19)9-4-5-10-11(7-9)18(3)15(20)17(10)2/h4-7,13,19H,1-3H3. The predicted octanol–water partition coefficient (Wildman–Crippen LogP) is 3.09. The molecule has 2 heterocycles. The van der Waals surface area contributed by atoms with Crippen LogP contribution in [0.5, 0.6) is 0 Å². The van der Waals surface area contributed by atoms with Crippen molar-refractivity contribution in [3.8, 4) is 0 Å². The fourth-order valence-corrected chi connectivity index (χ4v) is 4.06. The van der Waals surface area contributed by atoms with Gasteiger partial charge in [0, 0.05) is 19.0 Å². The van der Waals surface area contributed by atoms with Crippen LogP contribution in [0.2, 0.25) is 0 Å². The van der Waals surface area contributed by atoms with Crippen molar-refractivity contribution in [1.29, 1.82) is 0 Å². The Labute approximate surface area is 134 Å². The molecule has 1 atom stereocenters. The monoisotopic (exact) mass is 366 g/mol. The summed E-state index contributed by atoms with van der Waals surface area (Å²) in [6.07, 6.45) is -0.681. The minimum atomic E-state index is -0.681. The van der Waals surface area contributed by atoms with E-state index in [9.17, 15) is 9.90 Å². The van der Waals surface area contributed by atoms with E-state index in [1.165, 1.54) is 11.3 Å². The molecule has 3 aromatic rings. The number of hydrogen-bond acceptors (Lipinski definition) is 3. The molecule has 0 saturated carbocycles. The lowest BCUT2D eigenvalue weighted by molar-refractivity contribution is 0.224. The highest BCUT2D eigenvalue weighted by Gasteiger charge is 2.17. The molecular weight excluding hydrogens is 352 g/mol. The van der Waals surface area contributed by atoms with E-state index in [0.29, 0.717) is 0 Å². The maximum atomic E-state index is 11.9. The summed E-state index contributed by atoms with van der Waals surface area (Å²) in [6.45, 7) is 2.00. The first-order valence-electron chi connectivity index (χ1n) is 6.49. The minimum Gasteiger partial charge on any atom is -0.383 e. The minimum absolute atomic E-state index is 0.0636. The van der Waals surface area contributed by atoms with Crippen LogP contribution >= 0.6 is 27.3 Å². The summed E-state index contributed by atoms with van der Waals surface area (Å²) in [6, 6.07) is 7.61. The van der Waals surface area contributed by atoms with Crippen LogP contribution in [0.3, 0.4) is 0 Å². The third kappa shape index (κ3) is 2.27. The summed E-state index contributed by atoms with van der Waals surface area (Å²) in [7, 11) is 3.49. The van der Waals surface area contributed by atoms with E-state index in [2.05, 4.69) is 15.9 Å². The topological polar surface area (TPSA) is 47.2 Å². The lowest BCUT2D eigenvalue weighted by Gasteiger charge is -2.09. The van der Waals surface area contributed by atoms with Gasteiger partial charge in [-0.1, -0.05) is 6.07 Å². The molecule has 0 aliphatic rings. The smallest absolute Gasteiger partial charge is 0.328 e. The number of thiophene rings is 1. The van der Waals surface area contributed by atoms with Gasteiger partial charge in [-0.15, -0.1) is 11.3 Å². The molecule has 6 heteroatoms. The molecule has 110 valence electrons. The summed E-state index contributed by atoms with van der Waals surface area (Å²) in [5.74, 6) is 0. The molecule has 0 amide bonds. The van der Waals surface area contributed by atoms with Gasteiger partial charge >= 0.3 is 5.69 Å². The van der Waals surface area contributed by atoms with Gasteiger partial charge in [0.05, 0.1) is 14.8 Å². The predicted molar refractivity (Wildman–Crippen MR) is 89.0 cm³/mol. The summed E-state index contributed by atoms with van der Waals surface area (Å²) in [4.78, 5) is 12.8. The molecule has 4 nitrogen and oxygen atoms in total. The molecule has 0 aliphatic heterocycles. The number of rotatable bonds is 2. The Morgan fingerprint density at radius 2 is 1.86 bits per heavy atom. The number of nitrogens with zero attached hydrogens (tertiary/aromatic N) is 2. The van der Waals surface area contributed by atoms with E-state index in [4.69, 9.17) is 0 Å². The Kier molecular flexibility index (Phi) is 3.55. The van der Waals surface area contributed by atoms with Gasteiger partial charge in [-0.25, -0.2) is 4.79 Å². The zero-order chi connectivity index (χ0) is 15.3. The molecule has 2 aromatic heterocycles. The number of imidazole rings is 1. The van der Waals surface area contributed by atoms with E-state index < -0.39 is 6.10 Å². The highest BCUT2D eigenvalue weighted by Crippen LogP contribution is 2.34. The highest BCUT2D eigenvalue weighted by atomic mass is 79.9. The summed E-state index contributed by atoms with van der Waals surface area (Å²) >= 11 is 5.01. The molecule has 0 spiro atoms. The Hall–Kier alpha value is -1.37. The van der Waals surface area contributed by atoms with Crippen LogP contribution in [0.15, 0.2) is 32.8 Å². The van der Waals surface area contributed by atoms with Gasteiger partial charge in [0.25, 0.3) is 0 Å². The number of benzene rings is 1. The second-order valence-corrected chi connectivity index (χ2v) is 7.56. The van der Waals surface area contributed by atoms with Crippen LogP contribution in [0.4, 0.5) is 0 Å². The Balaban J connectivity index is 2.12. The maximum Gasteiger partial charge on any atom is 0.328 e. The molecule has 0 bridgehead atoms. The first-order chi connectivity index (χ1) is 9.90. The third-order valence-corrected chi connectivity index (χ3v) is 5.95. The van der Waals surface area contributed by atoms with Gasteiger partial charge in [0.15, 0.2) is 0 Å². The molecular formula is C15H15BrN2O2S. The maximum absolute atomic E-state index is 11.9. The number of aliphatic hydroxyl groups excluding tert-OH is 1. The van der Waals surface area contributed by atoms with Crippen molar-refractivity contribution in [3.05, 3.63) is 54.5 Å². The summed E-state index contributed by atoms with van der Waals surface area (Å²) in [5, 5.41) is 10.6. The molecule has 0 saturated heterocycles. The van der Waals surface area contributed by atoms with Gasteiger partial charge in [0.2, 0.25) is 0 Å². The zero-order valence-electron chi connectivity index (χ0n) is 11.9. The van der Waals surface area contributed by atoms with Crippen LogP contribution in [-0.4, -0.2) is 14.2 Å². The second kappa shape index (κ2) is 5.12. The normalized spacial score (nSPS) is 13.0. The third-order valence-electron chi connectivity index (χ3n) is 3.76. The lowest BCUT2D eigenvalue weighted by Crippen LogP contribution is -2.19. The Morgan fingerprint density at radius 3 is 2.48 bits per heavy atom. The van der Waals surface area contributed by atoms with Gasteiger partial charge in [0.1, 0.15) is 6.10 Å². The zero-order valence-corrected chi connectivity index (χ0v) is 14.3. The van der Waals surface area contributed by atoms with Crippen LogP contribution in [0.1, 0.15) is 22.1 Å². The highest BCUT2D eigenvalue weighted by molar-refractivity contribution is 9.11. The van der Waals surface area contributed by atoms with Gasteiger partial charge in [-0.3, -0.25) is 9.13 Å². The summed E-state index contributed by atoms with van der Waals surface area (Å²) < 4.78 is 4.24. The molecule has 0 radical (unpaired) electrons. The van der Waals surface area contributed by atoms with Crippen molar-refractivity contribution in [2.24, 2.45) is 14.1 Å². The number of hydrogen-bond donors (Lipinski definition) is 1. The largest absolute Gasteiger partial charge is 0.383 e. The van der Waals surface area contributed by atoms with Crippen molar-refractivity contribution in [2.45, 2.75) is 13.0 Å². The number of aliphatic hydroxyl groups is 1. The molecule has 1 aromatic carbocycles. The average molecular weight is 367 g/mol. The van der Waals surface area contributed by atoms with E-state index in [-0.39, 0.29) is 5.69 Å². The SMILES string of the molecule is Cc1cc(C(O)c2ccc3c(c2)n(C)c(=O)n3C)sc1Br. The molecule has 21 heavy (non-hydrogen) atoms. The Morgan fingerprint density at radius 1 is 1.19 bits per heavy atom. The lowest BCUT2D eigenvalue weighted by atomic mass is 10.1. The van der Waals surface area contributed by atoms with Crippen molar-refractivity contribution in [2.75, 3.05) is 0 Å². The first-order valence-corrected chi connectivity index (χ1v) is 8.10. The van der Waals surface area contributed by atoms with Crippen LogP contribution in [0, 0.1) is 6.92 Å². The Bertz CT molecular complexity index is 872. The number of aryl methyl sites for hydroxylation is 3. The quantitative estimate of drug-likeness (QED) is 0.757. The van der Waals surface area contributed by atoms with Crippen molar-refractivity contribution < 1.29 is 5.11 Å². The summed E-state index contributed by atoms with van der Waals surface area (Å²) in [5.41, 5.74) is 3.53. The number of aromatic nitrogens is 2. The van der Waals surface area contributed by atoms with Crippen molar-refractivity contribution in [3.63, 3.8) is 0 Å². The first kappa shape index (κ1) is 14.6. The van der Waals surface area contributed by atoms with Crippen molar-refractivity contribution >= 4 is 38.3 Å². The van der Waals surface area contributed by atoms with E-state index in [0.717, 1.165) is 30.8 Å².